The van der Waals surface area contributed by atoms with Crippen molar-refractivity contribution in [2.45, 2.75) is 24.5 Å². The summed E-state index contributed by atoms with van der Waals surface area (Å²) < 4.78 is 33.7. The molecule has 3 heterocycles. The fraction of sp³-hybridized carbons (Fsp3) is 0.455. The van der Waals surface area contributed by atoms with Crippen LogP contribution in [0.3, 0.4) is 0 Å². The van der Waals surface area contributed by atoms with Crippen LogP contribution in [0.5, 0.6) is 0 Å². The average Bonchev–Trinajstić information content (AvgIpc) is 3.13. The van der Waals surface area contributed by atoms with Crippen molar-refractivity contribution in [3.63, 3.8) is 0 Å². The van der Waals surface area contributed by atoms with Crippen LogP contribution >= 0.6 is 23.5 Å². The van der Waals surface area contributed by atoms with E-state index < -0.39 is 48.0 Å². The smallest absolute Gasteiger partial charge is 0.394 e. The highest BCUT2D eigenvalue weighted by atomic mass is 31.2. The van der Waals surface area contributed by atoms with Gasteiger partial charge in [-0.05, 0) is 6.07 Å². The molecule has 20 nitrogen and oxygen atoms in total. The first kappa shape index (κ1) is 32.6. The molecule has 198 valence electrons. The molecule has 0 aromatic carbocycles. The van der Waals surface area contributed by atoms with Gasteiger partial charge in [0.25, 0.3) is 0 Å². The molecular weight excluding hydrogens is 537 g/mol. The van der Waals surface area contributed by atoms with Crippen molar-refractivity contribution in [2.24, 2.45) is 0 Å². The number of ether oxygens (including phenoxy) is 1. The second-order valence-electron chi connectivity index (χ2n) is 5.99. The number of nitrogen functional groups attached to an aromatic ring is 1. The Morgan fingerprint density at radius 2 is 1.32 bits per heavy atom. The lowest BCUT2D eigenvalue weighted by atomic mass is 10.1. The Balaban J connectivity index is 0.000000599. The van der Waals surface area contributed by atoms with E-state index in [0.717, 1.165) is 0 Å². The second-order valence-corrected chi connectivity index (χ2v) is 9.07. The normalized spacial score (nSPS) is 22.6. The largest absolute Gasteiger partial charge is 0.466 e. The van der Waals surface area contributed by atoms with Gasteiger partial charge < -0.3 is 74.4 Å². The van der Waals surface area contributed by atoms with Gasteiger partial charge in [0, 0.05) is 6.20 Å². The lowest BCUT2D eigenvalue weighted by Crippen LogP contribution is -2.33. The minimum Gasteiger partial charge on any atom is -0.394 e. The number of aliphatic hydroxyl groups excluding tert-OH is 3. The van der Waals surface area contributed by atoms with E-state index >= 15 is 0 Å². The first-order valence-corrected chi connectivity index (χ1v) is 12.9. The van der Waals surface area contributed by atoms with Crippen LogP contribution in [0, 0.1) is 0 Å². The number of hydrogen-bond acceptors (Lipinski definition) is 10. The summed E-state index contributed by atoms with van der Waals surface area (Å²) in [6.07, 6.45) is -0.975. The topological polar surface area (TPSA) is 360 Å². The van der Waals surface area contributed by atoms with Gasteiger partial charge in [-0.15, -0.1) is 0 Å². The van der Waals surface area contributed by atoms with E-state index in [4.69, 9.17) is 73.3 Å². The maximum absolute atomic E-state index is 9.98. The number of nitrogens with two attached hydrogens (primary N) is 1. The van der Waals surface area contributed by atoms with Crippen molar-refractivity contribution in [1.29, 1.82) is 0 Å². The van der Waals surface area contributed by atoms with Crippen molar-refractivity contribution >= 4 is 40.3 Å². The zero-order valence-electron chi connectivity index (χ0n) is 16.5. The molecule has 4 atom stereocenters. The third kappa shape index (κ3) is 14.1. The van der Waals surface area contributed by atoms with Gasteiger partial charge in [-0.3, -0.25) is 0 Å². The van der Waals surface area contributed by atoms with Gasteiger partial charge in [-0.2, -0.15) is 0 Å². The van der Waals surface area contributed by atoms with Crippen LogP contribution in [0.25, 0.3) is 11.0 Å². The molecular formula is C11H23N4O16P3. The Bertz CT molecular complexity index is 976. The van der Waals surface area contributed by atoms with Crippen molar-refractivity contribution in [3.05, 3.63) is 18.6 Å². The van der Waals surface area contributed by atoms with Crippen molar-refractivity contribution in [1.82, 2.24) is 14.5 Å². The lowest BCUT2D eigenvalue weighted by molar-refractivity contribution is -0.0508. The quantitative estimate of drug-likeness (QED) is 0.155. The molecule has 0 amide bonds. The molecule has 3 rings (SSSR count). The summed E-state index contributed by atoms with van der Waals surface area (Å²) in [4.78, 5) is 72.7. The Kier molecular flexibility index (Phi) is 12.5. The van der Waals surface area contributed by atoms with Crippen LogP contribution in [0.2, 0.25) is 0 Å². The first-order chi connectivity index (χ1) is 15.1. The number of rotatable bonds is 2. The van der Waals surface area contributed by atoms with E-state index in [9.17, 15) is 10.2 Å². The Morgan fingerprint density at radius 3 is 1.71 bits per heavy atom. The molecule has 0 bridgehead atoms. The van der Waals surface area contributed by atoms with Crippen LogP contribution < -0.4 is 5.73 Å². The Morgan fingerprint density at radius 1 is 0.882 bits per heavy atom. The van der Waals surface area contributed by atoms with Gasteiger partial charge in [0.15, 0.2) is 6.23 Å². The van der Waals surface area contributed by atoms with Crippen molar-refractivity contribution in [3.8, 4) is 0 Å². The number of nitrogens with zero attached hydrogens (tertiary/aromatic N) is 3. The lowest BCUT2D eigenvalue weighted by Gasteiger charge is -2.17. The first-order valence-electron chi connectivity index (χ1n) is 8.17. The number of phosphoric acid groups is 3. The van der Waals surface area contributed by atoms with E-state index in [1.807, 2.05) is 0 Å². The summed E-state index contributed by atoms with van der Waals surface area (Å²) in [5.74, 6) is 0.329. The number of aliphatic hydroxyl groups is 3. The fourth-order valence-corrected chi connectivity index (χ4v) is 2.31. The van der Waals surface area contributed by atoms with Crippen LogP contribution in [0.15, 0.2) is 18.6 Å². The van der Waals surface area contributed by atoms with Crippen molar-refractivity contribution in [2.75, 3.05) is 12.3 Å². The monoisotopic (exact) mass is 560 g/mol. The molecule has 2 aromatic rings. The summed E-state index contributed by atoms with van der Waals surface area (Å²) in [7, 11) is -13.9. The summed E-state index contributed by atoms with van der Waals surface area (Å²) >= 11 is 0. The van der Waals surface area contributed by atoms with E-state index in [1.165, 1.54) is 6.33 Å². The molecule has 0 saturated carbocycles. The van der Waals surface area contributed by atoms with Gasteiger partial charge in [0.05, 0.1) is 12.0 Å². The highest BCUT2D eigenvalue weighted by molar-refractivity contribution is 7.45. The SMILES string of the molecule is Nc1ncnc2c1ccn2[C@@H]1O[C@H](CO)[C@@H](O)[C@H]1O.O=P(O)(O)O.O=P(O)(O)O.O=P(O)(O)O. The number of hydrogen-bond donors (Lipinski definition) is 13. The molecule has 14 N–H and O–H groups in total. The van der Waals surface area contributed by atoms with Crippen LogP contribution in [-0.2, 0) is 18.4 Å². The van der Waals surface area contributed by atoms with E-state index in [-0.39, 0.29) is 6.61 Å². The molecule has 0 unspecified atom stereocenters. The van der Waals surface area contributed by atoms with Crippen LogP contribution in [0.4, 0.5) is 5.82 Å². The predicted molar refractivity (Wildman–Crippen MR) is 108 cm³/mol. The van der Waals surface area contributed by atoms with Crippen molar-refractivity contribution < 1.29 is 77.8 Å². The molecule has 1 aliphatic rings. The van der Waals surface area contributed by atoms with Gasteiger partial charge >= 0.3 is 23.5 Å². The van der Waals surface area contributed by atoms with Crippen LogP contribution in [0.1, 0.15) is 6.23 Å². The number of aromatic nitrogens is 3. The van der Waals surface area contributed by atoms with Gasteiger partial charge in [0.1, 0.15) is 36.1 Å². The molecule has 34 heavy (non-hydrogen) atoms. The highest BCUT2D eigenvalue weighted by Gasteiger charge is 2.43. The number of fused-ring (bicyclic) bond motifs is 1. The van der Waals surface area contributed by atoms with Gasteiger partial charge in [0.2, 0.25) is 0 Å². The highest BCUT2D eigenvalue weighted by Crippen LogP contribution is 2.32. The number of anilines is 1. The van der Waals surface area contributed by atoms with Crippen LogP contribution in [-0.4, -0.2) is 98.8 Å². The van der Waals surface area contributed by atoms with E-state index in [0.29, 0.717) is 16.9 Å². The minimum atomic E-state index is -4.64. The molecule has 1 saturated heterocycles. The van der Waals surface area contributed by atoms with E-state index in [1.54, 1.807) is 16.8 Å². The van der Waals surface area contributed by atoms with Gasteiger partial charge in [-0.1, -0.05) is 0 Å². The summed E-state index contributed by atoms with van der Waals surface area (Å²) in [5.41, 5.74) is 6.23. The third-order valence-corrected chi connectivity index (χ3v) is 3.33. The zero-order chi connectivity index (χ0) is 27.1. The van der Waals surface area contributed by atoms with E-state index in [2.05, 4.69) is 9.97 Å². The standard InChI is InChI=1S/C11H14N4O4.3H3O4P/c12-9-5-1-2-15(10(5)14-4-13-9)11-8(18)7(17)6(3-16)19-11;3*1-5(2,3)4/h1-2,4,6-8,11,16-18H,3H2,(H2,12,13,14);3*(H3,1,2,3,4)/t6-,7-,8-,11-;;;/m1.../s1. The Labute approximate surface area is 188 Å². The maximum atomic E-state index is 9.98. The zero-order valence-corrected chi connectivity index (χ0v) is 19.2. The summed E-state index contributed by atoms with van der Waals surface area (Å²) in [6.45, 7) is -0.370. The summed E-state index contributed by atoms with van der Waals surface area (Å²) in [5, 5.41) is 29.4. The molecule has 2 aromatic heterocycles. The van der Waals surface area contributed by atoms with Gasteiger partial charge in [-0.25, -0.2) is 23.7 Å². The Hall–Kier alpha value is -1.41. The fourth-order valence-electron chi connectivity index (χ4n) is 2.31. The minimum absolute atomic E-state index is 0.329. The molecule has 23 heteroatoms. The molecule has 0 aliphatic carbocycles. The summed E-state index contributed by atoms with van der Waals surface area (Å²) in [6, 6.07) is 1.71. The maximum Gasteiger partial charge on any atom is 0.466 e. The molecule has 1 fully saturated rings. The molecule has 0 radical (unpaired) electrons. The average molecular weight is 560 g/mol. The molecule has 0 spiro atoms. The second kappa shape index (κ2) is 13.1. The third-order valence-electron chi connectivity index (χ3n) is 3.33. The molecule has 1 aliphatic heterocycles. The predicted octanol–water partition coefficient (Wildman–Crippen LogP) is -4.16.